The van der Waals surface area contributed by atoms with Gasteiger partial charge in [-0.1, -0.05) is 19.1 Å². The van der Waals surface area contributed by atoms with Crippen molar-refractivity contribution in [2.45, 2.75) is 13.8 Å². The van der Waals surface area contributed by atoms with Crippen LogP contribution in [0.3, 0.4) is 0 Å². The van der Waals surface area contributed by atoms with Gasteiger partial charge in [-0.15, -0.1) is 11.3 Å². The average Bonchev–Trinajstić information content (AvgIpc) is 2.60. The summed E-state index contributed by atoms with van der Waals surface area (Å²) in [6.07, 6.45) is 0. The second-order valence-electron chi connectivity index (χ2n) is 3.45. The molecular formula is C10H14N2OS2. The van der Waals surface area contributed by atoms with Crippen LogP contribution in [0, 0.1) is 12.8 Å². The van der Waals surface area contributed by atoms with Crippen molar-refractivity contribution in [1.82, 2.24) is 5.32 Å². The lowest BCUT2D eigenvalue weighted by atomic mass is 10.2. The molecule has 0 aliphatic carbocycles. The summed E-state index contributed by atoms with van der Waals surface area (Å²) in [5, 5.41) is 4.71. The summed E-state index contributed by atoms with van der Waals surface area (Å²) in [5.74, 6) is -0.0187. The molecule has 1 aromatic rings. The first-order chi connectivity index (χ1) is 7.02. The predicted octanol–water partition coefficient (Wildman–Crippen LogP) is 1.71. The van der Waals surface area contributed by atoms with Gasteiger partial charge in [-0.3, -0.25) is 4.79 Å². The fourth-order valence-electron chi connectivity index (χ4n) is 1.03. The number of aryl methyl sites for hydroxylation is 1. The fraction of sp³-hybridized carbons (Fsp3) is 0.400. The molecule has 15 heavy (non-hydrogen) atoms. The van der Waals surface area contributed by atoms with Crippen LogP contribution in [-0.4, -0.2) is 17.4 Å². The van der Waals surface area contributed by atoms with Crippen LogP contribution in [0.2, 0.25) is 0 Å². The summed E-state index contributed by atoms with van der Waals surface area (Å²) in [6.45, 7) is 4.30. The number of carbonyl (C=O) groups is 1. The summed E-state index contributed by atoms with van der Waals surface area (Å²) in [5.41, 5.74) is 6.45. The highest BCUT2D eigenvalue weighted by atomic mass is 32.1. The smallest absolute Gasteiger partial charge is 0.261 e. The standard InChI is InChI=1S/C10H14N2OS2/c1-6-3-4-15-8(6)10(13)12-5-7(2)9(11)14/h3-4,7H,5H2,1-2H3,(H2,11,14)(H,12,13). The molecule has 0 aliphatic rings. The Hall–Kier alpha value is -0.940. The summed E-state index contributed by atoms with van der Waals surface area (Å²) in [7, 11) is 0. The maximum absolute atomic E-state index is 11.7. The number of thiophene rings is 1. The molecular weight excluding hydrogens is 228 g/mol. The van der Waals surface area contributed by atoms with Gasteiger partial charge in [0.25, 0.3) is 5.91 Å². The van der Waals surface area contributed by atoms with Gasteiger partial charge in [-0.25, -0.2) is 0 Å². The molecule has 3 nitrogen and oxygen atoms in total. The third-order valence-corrected chi connectivity index (χ3v) is 3.54. The van der Waals surface area contributed by atoms with E-state index in [1.165, 1.54) is 11.3 Å². The maximum atomic E-state index is 11.7. The van der Waals surface area contributed by atoms with Crippen LogP contribution in [0.25, 0.3) is 0 Å². The predicted molar refractivity (Wildman–Crippen MR) is 67.3 cm³/mol. The quantitative estimate of drug-likeness (QED) is 0.790. The second kappa shape index (κ2) is 5.23. The monoisotopic (exact) mass is 242 g/mol. The minimum absolute atomic E-state index is 0.0317. The van der Waals surface area contributed by atoms with Gasteiger partial charge in [0.1, 0.15) is 0 Å². The molecule has 1 rings (SSSR count). The summed E-state index contributed by atoms with van der Waals surface area (Å²) < 4.78 is 0. The van der Waals surface area contributed by atoms with E-state index < -0.39 is 0 Å². The second-order valence-corrected chi connectivity index (χ2v) is 4.83. The van der Waals surface area contributed by atoms with Crippen molar-refractivity contribution >= 4 is 34.5 Å². The van der Waals surface area contributed by atoms with E-state index in [1.807, 2.05) is 25.3 Å². The zero-order valence-electron chi connectivity index (χ0n) is 8.74. The number of nitrogens with one attached hydrogen (secondary N) is 1. The van der Waals surface area contributed by atoms with Crippen molar-refractivity contribution in [3.8, 4) is 0 Å². The molecule has 0 radical (unpaired) electrons. The van der Waals surface area contributed by atoms with E-state index in [-0.39, 0.29) is 11.8 Å². The van der Waals surface area contributed by atoms with Crippen LogP contribution in [0.4, 0.5) is 0 Å². The Morgan fingerprint density at radius 2 is 2.40 bits per heavy atom. The molecule has 1 heterocycles. The molecule has 0 bridgehead atoms. The van der Waals surface area contributed by atoms with Crippen molar-refractivity contribution in [1.29, 1.82) is 0 Å². The fourth-order valence-corrected chi connectivity index (χ4v) is 1.96. The Bertz CT molecular complexity index is 373. The topological polar surface area (TPSA) is 55.1 Å². The van der Waals surface area contributed by atoms with Crippen molar-refractivity contribution in [2.24, 2.45) is 11.7 Å². The Morgan fingerprint density at radius 3 is 2.87 bits per heavy atom. The molecule has 1 amide bonds. The minimum atomic E-state index is -0.0504. The number of thiocarbonyl (C=S) groups is 1. The lowest BCUT2D eigenvalue weighted by Gasteiger charge is -2.10. The van der Waals surface area contributed by atoms with Gasteiger partial charge in [0.15, 0.2) is 0 Å². The average molecular weight is 242 g/mol. The summed E-state index contributed by atoms with van der Waals surface area (Å²) in [6, 6.07) is 1.93. The van der Waals surface area contributed by atoms with E-state index in [1.54, 1.807) is 0 Å². The van der Waals surface area contributed by atoms with Crippen molar-refractivity contribution < 1.29 is 4.79 Å². The number of amides is 1. The molecule has 3 N–H and O–H groups in total. The maximum Gasteiger partial charge on any atom is 0.261 e. The molecule has 82 valence electrons. The first-order valence-corrected chi connectivity index (χ1v) is 5.92. The van der Waals surface area contributed by atoms with Crippen LogP contribution in [0.5, 0.6) is 0 Å². The Balaban J connectivity index is 2.51. The van der Waals surface area contributed by atoms with E-state index in [0.29, 0.717) is 11.5 Å². The molecule has 0 spiro atoms. The van der Waals surface area contributed by atoms with Gasteiger partial charge in [0.05, 0.1) is 9.87 Å². The van der Waals surface area contributed by atoms with Gasteiger partial charge in [0.2, 0.25) is 0 Å². The van der Waals surface area contributed by atoms with Gasteiger partial charge in [-0.2, -0.15) is 0 Å². The van der Waals surface area contributed by atoms with Gasteiger partial charge in [0, 0.05) is 12.5 Å². The largest absolute Gasteiger partial charge is 0.393 e. The molecule has 1 unspecified atom stereocenters. The number of nitrogens with two attached hydrogens (primary N) is 1. The van der Waals surface area contributed by atoms with Gasteiger partial charge in [-0.05, 0) is 23.9 Å². The third-order valence-electron chi connectivity index (χ3n) is 2.12. The zero-order valence-corrected chi connectivity index (χ0v) is 10.4. The summed E-state index contributed by atoms with van der Waals surface area (Å²) in [4.78, 5) is 12.9. The number of hydrogen-bond acceptors (Lipinski definition) is 3. The number of rotatable bonds is 4. The normalized spacial score (nSPS) is 12.1. The molecule has 0 saturated heterocycles. The highest BCUT2D eigenvalue weighted by Crippen LogP contribution is 2.14. The van der Waals surface area contributed by atoms with Gasteiger partial charge >= 0.3 is 0 Å². The van der Waals surface area contributed by atoms with E-state index in [0.717, 1.165) is 10.4 Å². The molecule has 0 aromatic carbocycles. The molecule has 0 saturated carbocycles. The van der Waals surface area contributed by atoms with Crippen LogP contribution in [-0.2, 0) is 0 Å². The molecule has 5 heteroatoms. The third kappa shape index (κ3) is 3.28. The Morgan fingerprint density at radius 1 is 1.73 bits per heavy atom. The summed E-state index contributed by atoms with van der Waals surface area (Å²) >= 11 is 6.27. The first-order valence-electron chi connectivity index (χ1n) is 4.64. The Labute approximate surface area is 98.7 Å². The molecule has 1 aromatic heterocycles. The van der Waals surface area contributed by atoms with Crippen LogP contribution in [0.1, 0.15) is 22.2 Å². The van der Waals surface area contributed by atoms with E-state index in [4.69, 9.17) is 18.0 Å². The van der Waals surface area contributed by atoms with E-state index in [2.05, 4.69) is 5.32 Å². The van der Waals surface area contributed by atoms with Crippen LogP contribution >= 0.6 is 23.6 Å². The lowest BCUT2D eigenvalue weighted by Crippen LogP contribution is -2.33. The molecule has 1 atom stereocenters. The van der Waals surface area contributed by atoms with Crippen molar-refractivity contribution in [3.05, 3.63) is 21.9 Å². The lowest BCUT2D eigenvalue weighted by molar-refractivity contribution is 0.0955. The molecule has 0 fully saturated rings. The highest BCUT2D eigenvalue weighted by molar-refractivity contribution is 7.80. The zero-order chi connectivity index (χ0) is 11.4. The Kier molecular flexibility index (Phi) is 4.23. The van der Waals surface area contributed by atoms with Crippen molar-refractivity contribution in [2.75, 3.05) is 6.54 Å². The van der Waals surface area contributed by atoms with Crippen molar-refractivity contribution in [3.63, 3.8) is 0 Å². The highest BCUT2D eigenvalue weighted by Gasteiger charge is 2.12. The van der Waals surface area contributed by atoms with Gasteiger partial charge < -0.3 is 11.1 Å². The van der Waals surface area contributed by atoms with Crippen LogP contribution in [0.15, 0.2) is 11.4 Å². The van der Waals surface area contributed by atoms with E-state index >= 15 is 0 Å². The number of carbonyl (C=O) groups excluding carboxylic acids is 1. The van der Waals surface area contributed by atoms with E-state index in [9.17, 15) is 4.79 Å². The number of hydrogen-bond donors (Lipinski definition) is 2. The van der Waals surface area contributed by atoms with Crippen LogP contribution < -0.4 is 11.1 Å². The SMILES string of the molecule is Cc1ccsc1C(=O)NCC(C)C(N)=S. The minimum Gasteiger partial charge on any atom is -0.393 e. The first kappa shape index (κ1) is 12.1. The molecule has 0 aliphatic heterocycles.